The average Bonchev–Trinajstić information content (AvgIpc) is 2.40. The van der Waals surface area contributed by atoms with Gasteiger partial charge in [0.1, 0.15) is 0 Å². The summed E-state index contributed by atoms with van der Waals surface area (Å²) < 4.78 is 0. The molecule has 1 aromatic carbocycles. The zero-order valence-corrected chi connectivity index (χ0v) is 11.2. The zero-order valence-electron chi connectivity index (χ0n) is 11.2. The van der Waals surface area contributed by atoms with Crippen molar-refractivity contribution in [3.63, 3.8) is 0 Å². The zero-order chi connectivity index (χ0) is 13.0. The van der Waals surface area contributed by atoms with Crippen LogP contribution in [-0.2, 0) is 4.79 Å². The van der Waals surface area contributed by atoms with Crippen LogP contribution >= 0.6 is 0 Å². The third-order valence-electron chi connectivity index (χ3n) is 3.56. The highest BCUT2D eigenvalue weighted by Gasteiger charge is 2.21. The summed E-state index contributed by atoms with van der Waals surface area (Å²) in [7, 11) is 0. The average molecular weight is 246 g/mol. The van der Waals surface area contributed by atoms with Crippen molar-refractivity contribution < 1.29 is 4.79 Å². The molecule has 2 N–H and O–H groups in total. The van der Waals surface area contributed by atoms with Crippen LogP contribution < -0.4 is 10.6 Å². The SMILES string of the molecule is Cc1ccc(C(C)NC(=O)[C@H]2CCCCN2)cc1. The Hall–Kier alpha value is -1.35. The van der Waals surface area contributed by atoms with E-state index < -0.39 is 0 Å². The summed E-state index contributed by atoms with van der Waals surface area (Å²) in [5.41, 5.74) is 2.40. The molecular formula is C15H22N2O. The lowest BCUT2D eigenvalue weighted by molar-refractivity contribution is -0.124. The minimum Gasteiger partial charge on any atom is -0.348 e. The summed E-state index contributed by atoms with van der Waals surface area (Å²) in [6.45, 7) is 5.06. The van der Waals surface area contributed by atoms with Gasteiger partial charge in [-0.25, -0.2) is 0 Å². The molecule has 2 rings (SSSR count). The van der Waals surface area contributed by atoms with Crippen molar-refractivity contribution in [1.29, 1.82) is 0 Å². The first-order valence-electron chi connectivity index (χ1n) is 6.77. The van der Waals surface area contributed by atoms with E-state index in [2.05, 4.69) is 41.8 Å². The van der Waals surface area contributed by atoms with Gasteiger partial charge >= 0.3 is 0 Å². The molecule has 2 atom stereocenters. The van der Waals surface area contributed by atoms with Crippen LogP contribution in [0, 0.1) is 6.92 Å². The lowest BCUT2D eigenvalue weighted by atomic mass is 10.0. The topological polar surface area (TPSA) is 41.1 Å². The van der Waals surface area contributed by atoms with Crippen molar-refractivity contribution in [1.82, 2.24) is 10.6 Å². The van der Waals surface area contributed by atoms with E-state index in [4.69, 9.17) is 0 Å². The molecule has 1 saturated heterocycles. The Balaban J connectivity index is 1.91. The van der Waals surface area contributed by atoms with Crippen molar-refractivity contribution in [2.75, 3.05) is 6.54 Å². The van der Waals surface area contributed by atoms with E-state index in [9.17, 15) is 4.79 Å². The molecule has 18 heavy (non-hydrogen) atoms. The van der Waals surface area contributed by atoms with E-state index in [1.165, 1.54) is 12.0 Å². The molecule has 0 aromatic heterocycles. The van der Waals surface area contributed by atoms with Gasteiger partial charge in [0.25, 0.3) is 0 Å². The van der Waals surface area contributed by atoms with Crippen LogP contribution in [0.25, 0.3) is 0 Å². The van der Waals surface area contributed by atoms with Crippen LogP contribution in [0.3, 0.4) is 0 Å². The van der Waals surface area contributed by atoms with Gasteiger partial charge in [-0.2, -0.15) is 0 Å². The first-order chi connectivity index (χ1) is 8.66. The quantitative estimate of drug-likeness (QED) is 0.859. The van der Waals surface area contributed by atoms with Gasteiger partial charge in [-0.1, -0.05) is 36.2 Å². The summed E-state index contributed by atoms with van der Waals surface area (Å²) in [4.78, 5) is 12.1. The fraction of sp³-hybridized carbons (Fsp3) is 0.533. The number of carbonyl (C=O) groups is 1. The maximum Gasteiger partial charge on any atom is 0.237 e. The van der Waals surface area contributed by atoms with E-state index in [1.54, 1.807) is 0 Å². The van der Waals surface area contributed by atoms with Crippen LogP contribution in [-0.4, -0.2) is 18.5 Å². The lowest BCUT2D eigenvalue weighted by Gasteiger charge is -2.24. The molecule has 0 aliphatic carbocycles. The van der Waals surface area contributed by atoms with E-state index >= 15 is 0 Å². The highest BCUT2D eigenvalue weighted by molar-refractivity contribution is 5.82. The fourth-order valence-corrected chi connectivity index (χ4v) is 2.33. The Morgan fingerprint density at radius 2 is 2.06 bits per heavy atom. The number of rotatable bonds is 3. The Kier molecular flexibility index (Phi) is 4.37. The number of hydrogen-bond donors (Lipinski definition) is 2. The Morgan fingerprint density at radius 1 is 1.33 bits per heavy atom. The van der Waals surface area contributed by atoms with Crippen LogP contribution in [0.2, 0.25) is 0 Å². The standard InChI is InChI=1S/C15H22N2O/c1-11-6-8-13(9-7-11)12(2)17-15(18)14-5-3-4-10-16-14/h6-9,12,14,16H,3-5,10H2,1-2H3,(H,17,18)/t12?,14-/m1/s1. The van der Waals surface area contributed by atoms with Gasteiger partial charge in [-0.3, -0.25) is 4.79 Å². The smallest absolute Gasteiger partial charge is 0.237 e. The molecule has 3 nitrogen and oxygen atoms in total. The number of nitrogens with one attached hydrogen (secondary N) is 2. The van der Waals surface area contributed by atoms with Crippen LogP contribution in [0.4, 0.5) is 0 Å². The van der Waals surface area contributed by atoms with Crippen molar-refractivity contribution in [2.45, 2.75) is 45.2 Å². The van der Waals surface area contributed by atoms with Crippen molar-refractivity contribution in [3.8, 4) is 0 Å². The first kappa shape index (κ1) is 13.1. The highest BCUT2D eigenvalue weighted by Crippen LogP contribution is 2.14. The molecule has 0 bridgehead atoms. The molecule has 0 saturated carbocycles. The van der Waals surface area contributed by atoms with Crippen LogP contribution in [0.15, 0.2) is 24.3 Å². The largest absolute Gasteiger partial charge is 0.348 e. The molecule has 1 aromatic rings. The van der Waals surface area contributed by atoms with Gasteiger partial charge in [-0.05, 0) is 38.8 Å². The normalized spacial score (nSPS) is 21.3. The highest BCUT2D eigenvalue weighted by atomic mass is 16.2. The van der Waals surface area contributed by atoms with Crippen molar-refractivity contribution in [3.05, 3.63) is 35.4 Å². The number of benzene rings is 1. The molecule has 0 spiro atoms. The summed E-state index contributed by atoms with van der Waals surface area (Å²) >= 11 is 0. The summed E-state index contributed by atoms with van der Waals surface area (Å²) in [5, 5.41) is 6.36. The third-order valence-corrected chi connectivity index (χ3v) is 3.56. The van der Waals surface area contributed by atoms with Gasteiger partial charge in [0.2, 0.25) is 5.91 Å². The minimum absolute atomic E-state index is 0.00773. The van der Waals surface area contributed by atoms with Crippen molar-refractivity contribution >= 4 is 5.91 Å². The summed E-state index contributed by atoms with van der Waals surface area (Å²) in [6.07, 6.45) is 3.27. The second-order valence-electron chi connectivity index (χ2n) is 5.14. The third kappa shape index (κ3) is 3.33. The van der Waals surface area contributed by atoms with E-state index in [0.29, 0.717) is 0 Å². The van der Waals surface area contributed by atoms with Crippen LogP contribution in [0.1, 0.15) is 43.4 Å². The predicted molar refractivity (Wildman–Crippen MR) is 73.4 cm³/mol. The summed E-state index contributed by atoms with van der Waals surface area (Å²) in [6, 6.07) is 8.38. The maximum absolute atomic E-state index is 12.1. The predicted octanol–water partition coefficient (Wildman–Crippen LogP) is 2.31. The molecule has 1 unspecified atom stereocenters. The number of amides is 1. The number of carbonyl (C=O) groups excluding carboxylic acids is 1. The molecular weight excluding hydrogens is 224 g/mol. The lowest BCUT2D eigenvalue weighted by Crippen LogP contribution is -2.47. The molecule has 1 amide bonds. The molecule has 1 fully saturated rings. The van der Waals surface area contributed by atoms with Gasteiger partial charge in [0.05, 0.1) is 12.1 Å². The Bertz CT molecular complexity index is 393. The molecule has 1 aliphatic heterocycles. The number of hydrogen-bond acceptors (Lipinski definition) is 2. The molecule has 0 radical (unpaired) electrons. The number of piperidine rings is 1. The molecule has 98 valence electrons. The monoisotopic (exact) mass is 246 g/mol. The molecule has 1 aliphatic rings. The first-order valence-corrected chi connectivity index (χ1v) is 6.77. The number of aryl methyl sites for hydroxylation is 1. The summed E-state index contributed by atoms with van der Waals surface area (Å²) in [5.74, 6) is 0.128. The minimum atomic E-state index is -0.00773. The van der Waals surface area contributed by atoms with Gasteiger partial charge < -0.3 is 10.6 Å². The van der Waals surface area contributed by atoms with E-state index in [1.807, 2.05) is 6.92 Å². The van der Waals surface area contributed by atoms with Gasteiger partial charge in [0.15, 0.2) is 0 Å². The van der Waals surface area contributed by atoms with Crippen molar-refractivity contribution in [2.24, 2.45) is 0 Å². The Morgan fingerprint density at radius 3 is 2.67 bits per heavy atom. The van der Waals surface area contributed by atoms with E-state index in [0.717, 1.165) is 24.9 Å². The second-order valence-corrected chi connectivity index (χ2v) is 5.14. The maximum atomic E-state index is 12.1. The molecule has 3 heteroatoms. The van der Waals surface area contributed by atoms with E-state index in [-0.39, 0.29) is 18.0 Å². The van der Waals surface area contributed by atoms with Gasteiger partial charge in [0, 0.05) is 0 Å². The Labute approximate surface area is 109 Å². The van der Waals surface area contributed by atoms with Crippen LogP contribution in [0.5, 0.6) is 0 Å². The molecule has 1 heterocycles. The second kappa shape index (κ2) is 6.01. The fourth-order valence-electron chi connectivity index (χ4n) is 2.33. The van der Waals surface area contributed by atoms with Gasteiger partial charge in [-0.15, -0.1) is 0 Å².